The van der Waals surface area contributed by atoms with E-state index in [4.69, 9.17) is 9.84 Å². The number of imidazole rings is 1. The third-order valence-electron chi connectivity index (χ3n) is 2.27. The largest absolute Gasteiger partial charge is 0.481 e. The number of carbonyl (C=O) groups is 2. The molecule has 0 unspecified atom stereocenters. The van der Waals surface area contributed by atoms with Crippen molar-refractivity contribution in [2.75, 3.05) is 12.4 Å². The SMILES string of the molecule is COc1ccc(NC(=O)c2nc[nH]c2C(=O)O)cn1. The number of carboxylic acids is 1. The lowest BCUT2D eigenvalue weighted by Crippen LogP contribution is -2.16. The molecule has 0 bridgehead atoms. The first-order valence-electron chi connectivity index (χ1n) is 5.20. The molecule has 2 rings (SSSR count). The molecule has 8 nitrogen and oxygen atoms in total. The third kappa shape index (κ3) is 2.68. The molecule has 0 radical (unpaired) electrons. The van der Waals surface area contributed by atoms with Gasteiger partial charge in [-0.25, -0.2) is 14.8 Å². The van der Waals surface area contributed by atoms with Gasteiger partial charge >= 0.3 is 5.97 Å². The van der Waals surface area contributed by atoms with Crippen molar-refractivity contribution < 1.29 is 19.4 Å². The average molecular weight is 262 g/mol. The van der Waals surface area contributed by atoms with E-state index in [1.807, 2.05) is 0 Å². The smallest absolute Gasteiger partial charge is 0.354 e. The number of aromatic nitrogens is 3. The number of ether oxygens (including phenoxy) is 1. The monoisotopic (exact) mass is 262 g/mol. The quantitative estimate of drug-likeness (QED) is 0.748. The fourth-order valence-electron chi connectivity index (χ4n) is 1.39. The van der Waals surface area contributed by atoms with Crippen LogP contribution in [0.4, 0.5) is 5.69 Å². The van der Waals surface area contributed by atoms with Gasteiger partial charge < -0.3 is 20.1 Å². The molecular formula is C11H10N4O4. The predicted octanol–water partition coefficient (Wildman–Crippen LogP) is 0.764. The minimum absolute atomic E-state index is 0.191. The molecule has 98 valence electrons. The first-order valence-corrected chi connectivity index (χ1v) is 5.20. The molecule has 0 aliphatic rings. The summed E-state index contributed by atoms with van der Waals surface area (Å²) < 4.78 is 4.88. The van der Waals surface area contributed by atoms with Crippen LogP contribution >= 0.6 is 0 Å². The van der Waals surface area contributed by atoms with Crippen molar-refractivity contribution in [3.8, 4) is 5.88 Å². The highest BCUT2D eigenvalue weighted by Gasteiger charge is 2.19. The summed E-state index contributed by atoms with van der Waals surface area (Å²) in [6, 6.07) is 3.15. The number of anilines is 1. The Morgan fingerprint density at radius 2 is 2.16 bits per heavy atom. The van der Waals surface area contributed by atoms with E-state index in [2.05, 4.69) is 20.3 Å². The number of nitrogens with zero attached hydrogens (tertiary/aromatic N) is 2. The number of methoxy groups -OCH3 is 1. The van der Waals surface area contributed by atoms with Crippen molar-refractivity contribution in [2.45, 2.75) is 0 Å². The molecular weight excluding hydrogens is 252 g/mol. The summed E-state index contributed by atoms with van der Waals surface area (Å²) in [5.41, 5.74) is -0.0487. The zero-order valence-corrected chi connectivity index (χ0v) is 9.88. The molecule has 0 saturated carbocycles. The standard InChI is InChI=1S/C11H10N4O4/c1-19-7-3-2-6(4-12-7)15-10(16)8-9(11(17)18)14-5-13-8/h2-5H,1H3,(H,13,14)(H,15,16)(H,17,18). The molecule has 1 amide bonds. The van der Waals surface area contributed by atoms with Gasteiger partial charge in [0.25, 0.3) is 5.91 Å². The van der Waals surface area contributed by atoms with Crippen LogP contribution in [0.15, 0.2) is 24.7 Å². The van der Waals surface area contributed by atoms with Gasteiger partial charge in [-0.05, 0) is 6.07 Å². The Labute approximate surface area is 107 Å². The van der Waals surface area contributed by atoms with Crippen molar-refractivity contribution >= 4 is 17.6 Å². The first kappa shape index (κ1) is 12.6. The molecule has 3 N–H and O–H groups in total. The van der Waals surface area contributed by atoms with Gasteiger partial charge in [0.1, 0.15) is 0 Å². The molecule has 2 aromatic heterocycles. The third-order valence-corrected chi connectivity index (χ3v) is 2.27. The molecule has 0 aliphatic carbocycles. The Morgan fingerprint density at radius 1 is 1.37 bits per heavy atom. The van der Waals surface area contributed by atoms with Crippen LogP contribution in [0.3, 0.4) is 0 Å². The Kier molecular flexibility index (Phi) is 3.42. The van der Waals surface area contributed by atoms with Gasteiger partial charge in [-0.2, -0.15) is 0 Å². The van der Waals surface area contributed by atoms with Gasteiger partial charge in [0, 0.05) is 6.07 Å². The van der Waals surface area contributed by atoms with Crippen LogP contribution in [-0.2, 0) is 0 Å². The van der Waals surface area contributed by atoms with E-state index >= 15 is 0 Å². The lowest BCUT2D eigenvalue weighted by atomic mass is 10.3. The number of carboxylic acid groups (broad SMARTS) is 1. The van der Waals surface area contributed by atoms with Crippen molar-refractivity contribution in [1.29, 1.82) is 0 Å². The Bertz CT molecular complexity index is 605. The fourth-order valence-corrected chi connectivity index (χ4v) is 1.39. The van der Waals surface area contributed by atoms with Crippen molar-refractivity contribution in [1.82, 2.24) is 15.0 Å². The minimum atomic E-state index is -1.25. The van der Waals surface area contributed by atoms with Crippen molar-refractivity contribution in [3.05, 3.63) is 36.0 Å². The van der Waals surface area contributed by atoms with Crippen LogP contribution in [-0.4, -0.2) is 39.0 Å². The number of hydrogen-bond acceptors (Lipinski definition) is 5. The summed E-state index contributed by atoms with van der Waals surface area (Å²) in [6.07, 6.45) is 2.54. The highest BCUT2D eigenvalue weighted by molar-refractivity contribution is 6.08. The van der Waals surface area contributed by atoms with E-state index in [1.54, 1.807) is 12.1 Å². The van der Waals surface area contributed by atoms with Crippen LogP contribution in [0.1, 0.15) is 21.0 Å². The van der Waals surface area contributed by atoms with Crippen LogP contribution in [0.2, 0.25) is 0 Å². The lowest BCUT2D eigenvalue weighted by Gasteiger charge is -2.04. The zero-order chi connectivity index (χ0) is 13.8. The molecule has 0 spiro atoms. The maximum Gasteiger partial charge on any atom is 0.354 e. The summed E-state index contributed by atoms with van der Waals surface area (Å²) in [5.74, 6) is -1.48. The van der Waals surface area contributed by atoms with Crippen molar-refractivity contribution in [3.63, 3.8) is 0 Å². The highest BCUT2D eigenvalue weighted by atomic mass is 16.5. The molecule has 2 heterocycles. The molecule has 19 heavy (non-hydrogen) atoms. The number of carbonyl (C=O) groups excluding carboxylic acids is 1. The van der Waals surface area contributed by atoms with Gasteiger partial charge in [-0.1, -0.05) is 0 Å². The molecule has 0 fully saturated rings. The Morgan fingerprint density at radius 3 is 2.74 bits per heavy atom. The number of hydrogen-bond donors (Lipinski definition) is 3. The fraction of sp³-hybridized carbons (Fsp3) is 0.0909. The highest BCUT2D eigenvalue weighted by Crippen LogP contribution is 2.12. The number of rotatable bonds is 4. The van der Waals surface area contributed by atoms with Crippen molar-refractivity contribution in [2.24, 2.45) is 0 Å². The Balaban J connectivity index is 2.16. The number of aromatic amines is 1. The summed E-state index contributed by atoms with van der Waals surface area (Å²) in [4.78, 5) is 32.6. The maximum atomic E-state index is 11.8. The summed E-state index contributed by atoms with van der Waals surface area (Å²) in [5, 5.41) is 11.3. The average Bonchev–Trinajstić information content (AvgIpc) is 2.89. The van der Waals surface area contributed by atoms with E-state index in [1.165, 1.54) is 13.3 Å². The van der Waals surface area contributed by atoms with Gasteiger partial charge in [-0.15, -0.1) is 0 Å². The predicted molar refractivity (Wildman–Crippen MR) is 64.3 cm³/mol. The summed E-state index contributed by atoms with van der Waals surface area (Å²) in [7, 11) is 1.48. The van der Waals surface area contributed by atoms with Gasteiger partial charge in [0.15, 0.2) is 11.4 Å². The van der Waals surface area contributed by atoms with Gasteiger partial charge in [0.05, 0.1) is 25.3 Å². The molecule has 0 saturated heterocycles. The van der Waals surface area contributed by atoms with E-state index in [0.717, 1.165) is 6.33 Å². The molecule has 0 aliphatic heterocycles. The van der Waals surface area contributed by atoms with Gasteiger partial charge in [-0.3, -0.25) is 4.79 Å². The molecule has 8 heteroatoms. The van der Waals surface area contributed by atoms with Gasteiger partial charge in [0.2, 0.25) is 5.88 Å². The topological polar surface area (TPSA) is 117 Å². The molecule has 2 aromatic rings. The number of amides is 1. The second kappa shape index (κ2) is 5.17. The van der Waals surface area contributed by atoms with Crippen LogP contribution in [0.25, 0.3) is 0 Å². The van der Waals surface area contributed by atoms with E-state index in [0.29, 0.717) is 11.6 Å². The molecule has 0 aromatic carbocycles. The van der Waals surface area contributed by atoms with E-state index in [-0.39, 0.29) is 11.4 Å². The second-order valence-corrected chi connectivity index (χ2v) is 3.47. The van der Waals surface area contributed by atoms with E-state index in [9.17, 15) is 9.59 Å². The second-order valence-electron chi connectivity index (χ2n) is 3.47. The number of aromatic carboxylic acids is 1. The minimum Gasteiger partial charge on any atom is -0.481 e. The van der Waals surface area contributed by atoms with Crippen LogP contribution in [0, 0.1) is 0 Å². The lowest BCUT2D eigenvalue weighted by molar-refractivity contribution is 0.0686. The maximum absolute atomic E-state index is 11.8. The zero-order valence-electron chi connectivity index (χ0n) is 9.88. The number of pyridine rings is 1. The number of H-pyrrole nitrogens is 1. The Hall–Kier alpha value is -2.90. The van der Waals surface area contributed by atoms with Crippen LogP contribution in [0.5, 0.6) is 5.88 Å². The summed E-state index contributed by atoms with van der Waals surface area (Å²) >= 11 is 0. The van der Waals surface area contributed by atoms with E-state index < -0.39 is 11.9 Å². The first-order chi connectivity index (χ1) is 9.11. The summed E-state index contributed by atoms with van der Waals surface area (Å²) in [6.45, 7) is 0. The number of nitrogens with one attached hydrogen (secondary N) is 2. The normalized spacial score (nSPS) is 9.95. The molecule has 0 atom stereocenters. The van der Waals surface area contributed by atoms with Crippen LogP contribution < -0.4 is 10.1 Å².